The Morgan fingerprint density at radius 1 is 1.32 bits per heavy atom. The number of thiophene rings is 1. The van der Waals surface area contributed by atoms with Crippen molar-refractivity contribution in [3.8, 4) is 0 Å². The largest absolute Gasteiger partial charge is 0.478 e. The Kier molecular flexibility index (Phi) is 3.42. The maximum Gasteiger partial charge on any atom is 0.339 e. The number of aryl methyl sites for hydroxylation is 1. The summed E-state index contributed by atoms with van der Waals surface area (Å²) >= 11 is 1.10. The lowest BCUT2D eigenvalue weighted by Crippen LogP contribution is -2.11. The average molecular weight is 337 g/mol. The van der Waals surface area contributed by atoms with Crippen LogP contribution >= 0.6 is 11.3 Å². The van der Waals surface area contributed by atoms with E-state index in [4.69, 9.17) is 4.42 Å². The third-order valence-corrected chi connectivity index (χ3v) is 5.87. The molecule has 0 unspecified atom stereocenters. The van der Waals surface area contributed by atoms with Crippen molar-refractivity contribution >= 4 is 44.0 Å². The van der Waals surface area contributed by atoms with Crippen LogP contribution < -0.4 is 4.72 Å². The van der Waals surface area contributed by atoms with Gasteiger partial charge in [-0.05, 0) is 36.6 Å². The molecule has 8 heteroatoms. The van der Waals surface area contributed by atoms with Gasteiger partial charge in [0.05, 0.1) is 0 Å². The Morgan fingerprint density at radius 2 is 2.09 bits per heavy atom. The molecule has 1 aromatic carbocycles. The monoisotopic (exact) mass is 337 g/mol. The van der Waals surface area contributed by atoms with Crippen LogP contribution in [0, 0.1) is 6.92 Å². The van der Waals surface area contributed by atoms with Gasteiger partial charge in [0, 0.05) is 11.1 Å². The number of carboxylic acids is 1. The Bertz CT molecular complexity index is 955. The first-order valence-electron chi connectivity index (χ1n) is 6.21. The van der Waals surface area contributed by atoms with Gasteiger partial charge in [-0.2, -0.15) is 0 Å². The van der Waals surface area contributed by atoms with Gasteiger partial charge < -0.3 is 9.52 Å². The van der Waals surface area contributed by atoms with Gasteiger partial charge in [0.15, 0.2) is 0 Å². The molecule has 0 amide bonds. The van der Waals surface area contributed by atoms with Crippen molar-refractivity contribution in [1.29, 1.82) is 0 Å². The summed E-state index contributed by atoms with van der Waals surface area (Å²) in [6.07, 6.45) is 0. The number of carboxylic acid groups (broad SMARTS) is 1. The summed E-state index contributed by atoms with van der Waals surface area (Å²) in [5.41, 5.74) is 0.713. The fourth-order valence-electron chi connectivity index (χ4n) is 2.17. The van der Waals surface area contributed by atoms with Crippen LogP contribution in [-0.2, 0) is 10.0 Å². The van der Waals surface area contributed by atoms with Gasteiger partial charge in [-0.25, -0.2) is 13.2 Å². The maximum atomic E-state index is 12.2. The van der Waals surface area contributed by atoms with E-state index in [0.717, 1.165) is 11.3 Å². The van der Waals surface area contributed by atoms with Crippen LogP contribution in [0.25, 0.3) is 11.0 Å². The number of benzene rings is 1. The average Bonchev–Trinajstić information content (AvgIpc) is 3.04. The van der Waals surface area contributed by atoms with E-state index < -0.39 is 16.0 Å². The number of rotatable bonds is 4. The highest BCUT2D eigenvalue weighted by atomic mass is 32.2. The normalized spacial score (nSPS) is 11.7. The minimum absolute atomic E-state index is 0.0344. The molecular weight excluding hydrogens is 326 g/mol. The zero-order valence-corrected chi connectivity index (χ0v) is 13.0. The number of anilines is 1. The molecular formula is C14H11NO5S2. The Hall–Kier alpha value is -2.32. The molecule has 3 rings (SSSR count). The molecule has 0 fully saturated rings. The summed E-state index contributed by atoms with van der Waals surface area (Å²) in [4.78, 5) is 11.3. The predicted octanol–water partition coefficient (Wildman–Crippen LogP) is 3.30. The molecule has 2 N–H and O–H groups in total. The van der Waals surface area contributed by atoms with Gasteiger partial charge >= 0.3 is 5.97 Å². The summed E-state index contributed by atoms with van der Waals surface area (Å²) in [5.74, 6) is -0.838. The van der Waals surface area contributed by atoms with E-state index in [1.807, 2.05) is 0 Å². The van der Waals surface area contributed by atoms with E-state index in [0.29, 0.717) is 11.0 Å². The highest BCUT2D eigenvalue weighted by molar-refractivity contribution is 7.94. The zero-order valence-electron chi connectivity index (χ0n) is 11.4. The predicted molar refractivity (Wildman–Crippen MR) is 83.0 cm³/mol. The lowest BCUT2D eigenvalue weighted by atomic mass is 10.1. The quantitative estimate of drug-likeness (QED) is 0.761. The molecule has 0 saturated carbocycles. The first-order valence-corrected chi connectivity index (χ1v) is 8.57. The molecule has 0 atom stereocenters. The van der Waals surface area contributed by atoms with E-state index in [9.17, 15) is 18.3 Å². The van der Waals surface area contributed by atoms with E-state index in [1.54, 1.807) is 24.4 Å². The van der Waals surface area contributed by atoms with Crippen LogP contribution in [0.5, 0.6) is 0 Å². The van der Waals surface area contributed by atoms with Crippen molar-refractivity contribution in [2.75, 3.05) is 4.72 Å². The number of sulfonamides is 1. The van der Waals surface area contributed by atoms with Crippen molar-refractivity contribution < 1.29 is 22.7 Å². The SMILES string of the molecule is Cc1oc2ccc(NS(=O)(=O)c3cccs3)cc2c1C(=O)O. The Morgan fingerprint density at radius 3 is 2.73 bits per heavy atom. The van der Waals surface area contributed by atoms with E-state index in [1.165, 1.54) is 18.2 Å². The second kappa shape index (κ2) is 5.15. The van der Waals surface area contributed by atoms with E-state index in [2.05, 4.69) is 4.72 Å². The van der Waals surface area contributed by atoms with Gasteiger partial charge in [-0.3, -0.25) is 4.72 Å². The molecule has 2 heterocycles. The van der Waals surface area contributed by atoms with Gasteiger partial charge in [-0.1, -0.05) is 6.07 Å². The minimum atomic E-state index is -3.67. The molecule has 0 aliphatic carbocycles. The molecule has 0 radical (unpaired) electrons. The molecule has 0 aliphatic heterocycles. The van der Waals surface area contributed by atoms with Crippen molar-refractivity contribution in [3.63, 3.8) is 0 Å². The van der Waals surface area contributed by atoms with Crippen molar-refractivity contribution in [3.05, 3.63) is 47.0 Å². The Labute approximate surface area is 130 Å². The lowest BCUT2D eigenvalue weighted by Gasteiger charge is -2.06. The Balaban J connectivity index is 2.06. The highest BCUT2D eigenvalue weighted by Crippen LogP contribution is 2.29. The number of nitrogens with one attached hydrogen (secondary N) is 1. The smallest absolute Gasteiger partial charge is 0.339 e. The third-order valence-electron chi connectivity index (χ3n) is 3.09. The molecule has 0 aliphatic rings. The topological polar surface area (TPSA) is 96.6 Å². The van der Waals surface area contributed by atoms with Gasteiger partial charge in [0.2, 0.25) is 0 Å². The van der Waals surface area contributed by atoms with Crippen LogP contribution in [0.4, 0.5) is 5.69 Å². The van der Waals surface area contributed by atoms with Crippen LogP contribution in [0.2, 0.25) is 0 Å². The summed E-state index contributed by atoms with van der Waals surface area (Å²) in [5, 5.41) is 11.3. The molecule has 0 saturated heterocycles. The van der Waals surface area contributed by atoms with Crippen LogP contribution in [0.3, 0.4) is 0 Å². The molecule has 114 valence electrons. The van der Waals surface area contributed by atoms with Crippen LogP contribution in [0.15, 0.2) is 44.3 Å². The number of hydrogen-bond acceptors (Lipinski definition) is 5. The number of carbonyl (C=O) groups is 1. The van der Waals surface area contributed by atoms with Crippen molar-refractivity contribution in [2.24, 2.45) is 0 Å². The molecule has 2 aromatic heterocycles. The zero-order chi connectivity index (χ0) is 15.9. The van der Waals surface area contributed by atoms with Gasteiger partial charge in [0.25, 0.3) is 10.0 Å². The van der Waals surface area contributed by atoms with E-state index in [-0.39, 0.29) is 21.2 Å². The standard InChI is InChI=1S/C14H11NO5S2/c1-8-13(14(16)17)10-7-9(4-5-11(10)20-8)15-22(18,19)12-3-2-6-21-12/h2-7,15H,1H3,(H,16,17). The third kappa shape index (κ3) is 2.46. The maximum absolute atomic E-state index is 12.2. The fourth-order valence-corrected chi connectivity index (χ4v) is 4.21. The summed E-state index contributed by atoms with van der Waals surface area (Å²) in [7, 11) is -3.67. The number of hydrogen-bond donors (Lipinski definition) is 2. The summed E-state index contributed by atoms with van der Waals surface area (Å²) in [6, 6.07) is 7.67. The second-order valence-corrected chi connectivity index (χ2v) is 7.44. The second-order valence-electron chi connectivity index (χ2n) is 4.59. The molecule has 0 bridgehead atoms. The molecule has 22 heavy (non-hydrogen) atoms. The molecule has 6 nitrogen and oxygen atoms in total. The first kappa shape index (κ1) is 14.6. The minimum Gasteiger partial charge on any atom is -0.478 e. The van der Waals surface area contributed by atoms with Crippen molar-refractivity contribution in [2.45, 2.75) is 11.1 Å². The number of aromatic carboxylic acids is 1. The van der Waals surface area contributed by atoms with Crippen LogP contribution in [-0.4, -0.2) is 19.5 Å². The van der Waals surface area contributed by atoms with Gasteiger partial charge in [0.1, 0.15) is 21.1 Å². The lowest BCUT2D eigenvalue weighted by molar-refractivity contribution is 0.0697. The number of fused-ring (bicyclic) bond motifs is 1. The van der Waals surface area contributed by atoms with Crippen molar-refractivity contribution in [1.82, 2.24) is 0 Å². The van der Waals surface area contributed by atoms with Gasteiger partial charge in [-0.15, -0.1) is 11.3 Å². The molecule has 3 aromatic rings. The van der Waals surface area contributed by atoms with E-state index >= 15 is 0 Å². The van der Waals surface area contributed by atoms with Crippen LogP contribution in [0.1, 0.15) is 16.1 Å². The summed E-state index contributed by atoms with van der Waals surface area (Å²) in [6.45, 7) is 1.55. The summed E-state index contributed by atoms with van der Waals surface area (Å²) < 4.78 is 32.4. The fraction of sp³-hybridized carbons (Fsp3) is 0.0714. The first-order chi connectivity index (χ1) is 10.4. The number of furan rings is 1. The highest BCUT2D eigenvalue weighted by Gasteiger charge is 2.19. The molecule has 0 spiro atoms.